The Labute approximate surface area is 178 Å². The maximum atomic E-state index is 12.6. The summed E-state index contributed by atoms with van der Waals surface area (Å²) in [6, 6.07) is 5.39. The number of amides is 1. The second kappa shape index (κ2) is 9.53. The summed E-state index contributed by atoms with van der Waals surface area (Å²) in [6.07, 6.45) is 6.03. The highest BCUT2D eigenvalue weighted by atomic mass is 35.5. The first-order valence-corrected chi connectivity index (χ1v) is 12.5. The van der Waals surface area contributed by atoms with E-state index in [4.69, 9.17) is 16.3 Å². The van der Waals surface area contributed by atoms with Gasteiger partial charge in [0, 0.05) is 24.2 Å². The molecular formula is C20H30ClN3O4S. The van der Waals surface area contributed by atoms with E-state index < -0.39 is 16.1 Å². The van der Waals surface area contributed by atoms with Crippen LogP contribution in [0, 0.1) is 0 Å². The lowest BCUT2D eigenvalue weighted by Crippen LogP contribution is -2.50. The zero-order valence-electron chi connectivity index (χ0n) is 17.1. The predicted molar refractivity (Wildman–Crippen MR) is 115 cm³/mol. The third-order valence-corrected chi connectivity index (χ3v) is 7.01. The molecule has 2 aliphatic rings. The Balaban J connectivity index is 1.56. The van der Waals surface area contributed by atoms with Crippen molar-refractivity contribution in [1.29, 1.82) is 0 Å². The number of halogens is 1. The van der Waals surface area contributed by atoms with E-state index in [2.05, 4.69) is 17.1 Å². The number of ether oxygens (including phenoxy) is 1. The van der Waals surface area contributed by atoms with Gasteiger partial charge in [-0.15, -0.1) is 0 Å². The van der Waals surface area contributed by atoms with Gasteiger partial charge in [-0.3, -0.25) is 9.10 Å². The number of nitrogens with one attached hydrogen (secondary N) is 1. The second-order valence-corrected chi connectivity index (χ2v) is 10.1. The monoisotopic (exact) mass is 443 g/mol. The first kappa shape index (κ1) is 22.2. The van der Waals surface area contributed by atoms with Gasteiger partial charge in [0.15, 0.2) is 6.10 Å². The van der Waals surface area contributed by atoms with Crippen LogP contribution in [0.2, 0.25) is 5.02 Å². The van der Waals surface area contributed by atoms with Crippen LogP contribution in [-0.4, -0.2) is 63.8 Å². The number of carbonyl (C=O) groups is 1. The molecule has 162 valence electrons. The van der Waals surface area contributed by atoms with Crippen molar-refractivity contribution in [1.82, 2.24) is 10.2 Å². The molecule has 7 nitrogen and oxygen atoms in total. The highest BCUT2D eigenvalue weighted by Crippen LogP contribution is 2.37. The van der Waals surface area contributed by atoms with Crippen molar-refractivity contribution in [3.8, 4) is 5.75 Å². The van der Waals surface area contributed by atoms with Crippen LogP contribution in [-0.2, 0) is 14.8 Å². The summed E-state index contributed by atoms with van der Waals surface area (Å²) in [4.78, 5) is 15.1. The molecule has 0 saturated carbocycles. The lowest BCUT2D eigenvalue weighted by molar-refractivity contribution is -0.127. The molecule has 2 aliphatic heterocycles. The van der Waals surface area contributed by atoms with Crippen LogP contribution in [0.1, 0.15) is 39.0 Å². The van der Waals surface area contributed by atoms with Gasteiger partial charge in [0.05, 0.1) is 18.5 Å². The van der Waals surface area contributed by atoms with Crippen LogP contribution in [0.4, 0.5) is 5.69 Å². The molecule has 9 heteroatoms. The van der Waals surface area contributed by atoms with E-state index in [1.54, 1.807) is 12.1 Å². The minimum atomic E-state index is -3.56. The number of carbonyl (C=O) groups excluding carboxylic acids is 1. The van der Waals surface area contributed by atoms with Gasteiger partial charge >= 0.3 is 0 Å². The van der Waals surface area contributed by atoms with E-state index in [-0.39, 0.29) is 12.5 Å². The fraction of sp³-hybridized carbons (Fsp3) is 0.650. The van der Waals surface area contributed by atoms with Gasteiger partial charge in [-0.25, -0.2) is 8.42 Å². The number of piperidine rings is 1. The van der Waals surface area contributed by atoms with Crippen molar-refractivity contribution < 1.29 is 17.9 Å². The van der Waals surface area contributed by atoms with Crippen molar-refractivity contribution in [3.63, 3.8) is 0 Å². The minimum absolute atomic E-state index is 0.0674. The van der Waals surface area contributed by atoms with Gasteiger partial charge in [-0.05, 0) is 50.4 Å². The topological polar surface area (TPSA) is 79.0 Å². The minimum Gasteiger partial charge on any atom is -0.476 e. The molecule has 1 N–H and O–H groups in total. The highest BCUT2D eigenvalue weighted by Gasteiger charge is 2.35. The summed E-state index contributed by atoms with van der Waals surface area (Å²) >= 11 is 6.00. The van der Waals surface area contributed by atoms with Gasteiger partial charge < -0.3 is 15.0 Å². The molecule has 2 unspecified atom stereocenters. The van der Waals surface area contributed by atoms with Crippen LogP contribution in [0.5, 0.6) is 5.75 Å². The number of hydrogen-bond acceptors (Lipinski definition) is 5. The Morgan fingerprint density at radius 3 is 2.86 bits per heavy atom. The molecule has 2 heterocycles. The first-order chi connectivity index (χ1) is 13.8. The van der Waals surface area contributed by atoms with E-state index in [0.717, 1.165) is 32.2 Å². The van der Waals surface area contributed by atoms with E-state index >= 15 is 0 Å². The lowest BCUT2D eigenvalue weighted by atomic mass is 10.00. The molecule has 1 fully saturated rings. The van der Waals surface area contributed by atoms with E-state index in [1.165, 1.54) is 29.6 Å². The summed E-state index contributed by atoms with van der Waals surface area (Å²) in [7, 11) is -3.56. The maximum Gasteiger partial charge on any atom is 0.263 e. The summed E-state index contributed by atoms with van der Waals surface area (Å²) in [6.45, 7) is 4.78. The standard InChI is InChI=1S/C20H30ClN3O4S/c1-3-16-7-4-5-11-23(16)12-6-10-22-20(25)19-14-24(29(2,26)27)17-13-15(21)8-9-18(17)28-19/h8-9,13,16,19H,3-7,10-12,14H2,1-2H3,(H,22,25). The number of nitrogens with zero attached hydrogens (tertiary/aromatic N) is 2. The number of likely N-dealkylation sites (tertiary alicyclic amines) is 1. The van der Waals surface area contributed by atoms with Gasteiger partial charge in [-0.2, -0.15) is 0 Å². The van der Waals surface area contributed by atoms with Gasteiger partial charge in [0.25, 0.3) is 5.91 Å². The molecule has 0 aromatic heterocycles. The van der Waals surface area contributed by atoms with E-state index in [9.17, 15) is 13.2 Å². The SMILES string of the molecule is CCC1CCCCN1CCCNC(=O)C1CN(S(C)(=O)=O)c2cc(Cl)ccc2O1. The molecule has 2 atom stereocenters. The Morgan fingerprint density at radius 1 is 1.34 bits per heavy atom. The van der Waals surface area contributed by atoms with Crippen LogP contribution in [0.3, 0.4) is 0 Å². The quantitative estimate of drug-likeness (QED) is 0.655. The number of fused-ring (bicyclic) bond motifs is 1. The zero-order chi connectivity index (χ0) is 21.0. The van der Waals surface area contributed by atoms with Crippen molar-refractivity contribution in [2.45, 2.75) is 51.2 Å². The van der Waals surface area contributed by atoms with Crippen LogP contribution in [0.25, 0.3) is 0 Å². The van der Waals surface area contributed by atoms with Crippen LogP contribution >= 0.6 is 11.6 Å². The highest BCUT2D eigenvalue weighted by molar-refractivity contribution is 7.92. The number of hydrogen-bond donors (Lipinski definition) is 1. The van der Waals surface area contributed by atoms with E-state index in [1.807, 2.05) is 0 Å². The summed E-state index contributed by atoms with van der Waals surface area (Å²) in [5.41, 5.74) is 0.361. The molecule has 1 amide bonds. The number of rotatable bonds is 7. The number of sulfonamides is 1. The molecule has 29 heavy (non-hydrogen) atoms. The summed E-state index contributed by atoms with van der Waals surface area (Å²) in [5, 5.41) is 3.31. The van der Waals surface area contributed by atoms with Gasteiger partial charge in [0.1, 0.15) is 5.75 Å². The molecule has 1 aromatic rings. The molecular weight excluding hydrogens is 414 g/mol. The average molecular weight is 444 g/mol. The third kappa shape index (κ3) is 5.55. The summed E-state index contributed by atoms with van der Waals surface area (Å²) < 4.78 is 31.4. The fourth-order valence-corrected chi connectivity index (χ4v) is 5.17. The third-order valence-electron chi connectivity index (χ3n) is 5.62. The van der Waals surface area contributed by atoms with Gasteiger partial charge in [-0.1, -0.05) is 24.9 Å². The predicted octanol–water partition coefficient (Wildman–Crippen LogP) is 2.64. The molecule has 0 radical (unpaired) electrons. The van der Waals surface area contributed by atoms with Crippen molar-refractivity contribution >= 4 is 33.2 Å². The Bertz CT molecular complexity index is 833. The molecule has 1 saturated heterocycles. The molecule has 0 spiro atoms. The maximum absolute atomic E-state index is 12.6. The lowest BCUT2D eigenvalue weighted by Gasteiger charge is -2.35. The van der Waals surface area contributed by atoms with E-state index in [0.29, 0.717) is 29.0 Å². The average Bonchev–Trinajstić information content (AvgIpc) is 2.69. The van der Waals surface area contributed by atoms with Crippen molar-refractivity contribution in [2.75, 3.05) is 36.7 Å². The largest absolute Gasteiger partial charge is 0.476 e. The Kier molecular flexibility index (Phi) is 7.29. The van der Waals surface area contributed by atoms with Crippen molar-refractivity contribution in [2.24, 2.45) is 0 Å². The smallest absolute Gasteiger partial charge is 0.263 e. The first-order valence-electron chi connectivity index (χ1n) is 10.2. The van der Waals surface area contributed by atoms with Crippen LogP contribution in [0.15, 0.2) is 18.2 Å². The number of benzene rings is 1. The fourth-order valence-electron chi connectivity index (χ4n) is 4.10. The Hall–Kier alpha value is -1.51. The molecule has 0 bridgehead atoms. The zero-order valence-corrected chi connectivity index (χ0v) is 18.6. The summed E-state index contributed by atoms with van der Waals surface area (Å²) in [5.74, 6) is 0.0373. The Morgan fingerprint density at radius 2 is 2.14 bits per heavy atom. The van der Waals surface area contributed by atoms with Crippen molar-refractivity contribution in [3.05, 3.63) is 23.2 Å². The molecule has 0 aliphatic carbocycles. The normalized spacial score (nSPS) is 22.7. The molecule has 1 aromatic carbocycles. The number of anilines is 1. The van der Waals surface area contributed by atoms with Gasteiger partial charge in [0.2, 0.25) is 10.0 Å². The molecule has 3 rings (SSSR count). The second-order valence-electron chi connectivity index (χ2n) is 7.75. The van der Waals surface area contributed by atoms with Crippen LogP contribution < -0.4 is 14.4 Å².